The van der Waals surface area contributed by atoms with Crippen LogP contribution in [0.25, 0.3) is 0 Å². The number of anilines is 1. The molecule has 1 aliphatic carbocycles. The number of benzene rings is 1. The van der Waals surface area contributed by atoms with Crippen LogP contribution >= 0.6 is 0 Å². The first kappa shape index (κ1) is 24.3. The van der Waals surface area contributed by atoms with Crippen molar-refractivity contribution in [2.45, 2.75) is 91.1 Å². The third kappa shape index (κ3) is 4.55. The zero-order valence-electron chi connectivity index (χ0n) is 20.6. The number of nitrogens with one attached hydrogen (secondary N) is 1. The summed E-state index contributed by atoms with van der Waals surface area (Å²) >= 11 is 0. The van der Waals surface area contributed by atoms with Crippen LogP contribution in [-0.4, -0.2) is 52.7 Å². The number of rotatable bonds is 4. The van der Waals surface area contributed by atoms with E-state index >= 15 is 0 Å². The van der Waals surface area contributed by atoms with Gasteiger partial charge in [-0.05, 0) is 50.7 Å². The average molecular weight is 442 g/mol. The average Bonchev–Trinajstić information content (AvgIpc) is 3.24. The smallest absolute Gasteiger partial charge is 0.250 e. The maximum absolute atomic E-state index is 13.7. The highest BCUT2D eigenvalue weighted by atomic mass is 16.2. The van der Waals surface area contributed by atoms with E-state index in [0.717, 1.165) is 42.5 Å². The maximum atomic E-state index is 13.7. The molecule has 1 N–H and O–H groups in total. The van der Waals surface area contributed by atoms with E-state index in [4.69, 9.17) is 0 Å². The number of nitrogens with zero attached hydrogens (tertiary/aromatic N) is 2. The lowest BCUT2D eigenvalue weighted by Crippen LogP contribution is -2.62. The van der Waals surface area contributed by atoms with Gasteiger partial charge < -0.3 is 15.1 Å². The Bertz CT molecular complexity index is 861. The van der Waals surface area contributed by atoms with E-state index in [-0.39, 0.29) is 17.7 Å². The maximum Gasteiger partial charge on any atom is 0.250 e. The van der Waals surface area contributed by atoms with Gasteiger partial charge in [-0.2, -0.15) is 0 Å². The Hall–Kier alpha value is -2.37. The van der Waals surface area contributed by atoms with Crippen LogP contribution in [0.1, 0.15) is 76.8 Å². The van der Waals surface area contributed by atoms with E-state index in [1.165, 1.54) is 0 Å². The summed E-state index contributed by atoms with van der Waals surface area (Å²) in [5.74, 6) is -0.227. The Morgan fingerprint density at radius 2 is 1.62 bits per heavy atom. The van der Waals surface area contributed by atoms with E-state index in [1.807, 2.05) is 52.8 Å². The second-order valence-electron chi connectivity index (χ2n) is 10.6. The predicted octanol–water partition coefficient (Wildman–Crippen LogP) is 4.44. The lowest BCUT2D eigenvalue weighted by atomic mass is 9.79. The molecule has 1 atom stereocenters. The summed E-state index contributed by atoms with van der Waals surface area (Å²) in [5, 5.41) is 3.16. The van der Waals surface area contributed by atoms with Crippen molar-refractivity contribution in [3.05, 3.63) is 29.3 Å². The molecule has 0 spiro atoms. The highest BCUT2D eigenvalue weighted by molar-refractivity contribution is 6.02. The lowest BCUT2D eigenvalue weighted by molar-refractivity contribution is -0.154. The number of likely N-dealkylation sites (N-methyl/N-ethyl adjacent to an activating group) is 1. The minimum Gasteiger partial charge on any atom is -0.330 e. The SMILES string of the molecule is Cc1cccc(C)c1NC(=O)C1(N(C)C(=O)[C@H]2CCCN2C(=O)C(C)(C)C)CCCCC1. The van der Waals surface area contributed by atoms with Crippen LogP contribution in [0.5, 0.6) is 0 Å². The molecule has 3 rings (SSSR count). The van der Waals surface area contributed by atoms with Crippen LogP contribution in [0, 0.1) is 19.3 Å². The largest absolute Gasteiger partial charge is 0.330 e. The van der Waals surface area contributed by atoms with Crippen LogP contribution in [0.2, 0.25) is 0 Å². The number of aryl methyl sites for hydroxylation is 2. The van der Waals surface area contributed by atoms with Crippen molar-refractivity contribution in [1.29, 1.82) is 0 Å². The van der Waals surface area contributed by atoms with Crippen molar-refractivity contribution in [2.24, 2.45) is 5.41 Å². The van der Waals surface area contributed by atoms with Gasteiger partial charge in [0.2, 0.25) is 17.7 Å². The number of carbonyl (C=O) groups is 3. The molecule has 32 heavy (non-hydrogen) atoms. The van der Waals surface area contributed by atoms with Crippen LogP contribution < -0.4 is 5.32 Å². The molecule has 2 fully saturated rings. The van der Waals surface area contributed by atoms with E-state index in [9.17, 15) is 14.4 Å². The molecule has 176 valence electrons. The molecule has 0 aromatic heterocycles. The summed E-state index contributed by atoms with van der Waals surface area (Å²) in [6.07, 6.45) is 5.64. The summed E-state index contributed by atoms with van der Waals surface area (Å²) in [7, 11) is 1.76. The summed E-state index contributed by atoms with van der Waals surface area (Å²) in [4.78, 5) is 43.9. The second-order valence-corrected chi connectivity index (χ2v) is 10.6. The van der Waals surface area contributed by atoms with Crippen molar-refractivity contribution >= 4 is 23.4 Å². The molecule has 1 aromatic carbocycles. The van der Waals surface area contributed by atoms with E-state index in [1.54, 1.807) is 16.8 Å². The van der Waals surface area contributed by atoms with E-state index < -0.39 is 17.0 Å². The fourth-order valence-corrected chi connectivity index (χ4v) is 5.22. The zero-order valence-corrected chi connectivity index (χ0v) is 20.6. The Kier molecular flexibility index (Phi) is 7.01. The molecule has 1 saturated heterocycles. The van der Waals surface area contributed by atoms with Crippen molar-refractivity contribution in [1.82, 2.24) is 9.80 Å². The molecule has 1 heterocycles. The molecule has 6 nitrogen and oxygen atoms in total. The molecule has 1 aliphatic heterocycles. The Balaban J connectivity index is 1.88. The Labute approximate surface area is 192 Å². The number of hydrogen-bond donors (Lipinski definition) is 1. The first-order chi connectivity index (χ1) is 15.0. The minimum absolute atomic E-state index is 0.000527. The van der Waals surface area contributed by atoms with Gasteiger partial charge in [0.05, 0.1) is 0 Å². The molecule has 0 unspecified atom stereocenters. The Morgan fingerprint density at radius 3 is 2.19 bits per heavy atom. The van der Waals surface area contributed by atoms with Gasteiger partial charge in [-0.3, -0.25) is 14.4 Å². The van der Waals surface area contributed by atoms with Crippen molar-refractivity contribution < 1.29 is 14.4 Å². The molecule has 3 amide bonds. The standard InChI is InChI=1S/C26H39N3O3/c1-18-12-10-13-19(2)21(18)27-23(31)26(15-8-7-9-16-26)28(6)22(30)20-14-11-17-29(20)24(32)25(3,4)5/h10,12-13,20H,7-9,11,14-17H2,1-6H3,(H,27,31)/t20-/m1/s1. The normalized spacial score (nSPS) is 20.7. The number of carbonyl (C=O) groups excluding carboxylic acids is 3. The van der Waals surface area contributed by atoms with Gasteiger partial charge >= 0.3 is 0 Å². The number of hydrogen-bond acceptors (Lipinski definition) is 3. The second kappa shape index (κ2) is 9.24. The molecule has 0 radical (unpaired) electrons. The molecular weight excluding hydrogens is 402 g/mol. The summed E-state index contributed by atoms with van der Waals surface area (Å²) < 4.78 is 0. The van der Waals surface area contributed by atoms with Crippen molar-refractivity contribution in [3.8, 4) is 0 Å². The third-order valence-corrected chi connectivity index (χ3v) is 7.24. The molecule has 1 saturated carbocycles. The molecule has 6 heteroatoms. The van der Waals surface area contributed by atoms with Gasteiger partial charge in [-0.25, -0.2) is 0 Å². The first-order valence-corrected chi connectivity index (χ1v) is 12.0. The van der Waals surface area contributed by atoms with Gasteiger partial charge in [-0.15, -0.1) is 0 Å². The lowest BCUT2D eigenvalue weighted by Gasteiger charge is -2.45. The topological polar surface area (TPSA) is 69.7 Å². The highest BCUT2D eigenvalue weighted by Crippen LogP contribution is 2.37. The minimum atomic E-state index is -0.886. The fourth-order valence-electron chi connectivity index (χ4n) is 5.22. The highest BCUT2D eigenvalue weighted by Gasteiger charge is 2.49. The monoisotopic (exact) mass is 441 g/mol. The van der Waals surface area contributed by atoms with Crippen LogP contribution in [0.15, 0.2) is 18.2 Å². The number of amides is 3. The molecular formula is C26H39N3O3. The van der Waals surface area contributed by atoms with Gasteiger partial charge in [-0.1, -0.05) is 58.2 Å². The third-order valence-electron chi connectivity index (χ3n) is 7.24. The van der Waals surface area contributed by atoms with E-state index in [0.29, 0.717) is 25.8 Å². The van der Waals surface area contributed by atoms with Crippen molar-refractivity contribution in [3.63, 3.8) is 0 Å². The van der Waals surface area contributed by atoms with Gasteiger partial charge in [0, 0.05) is 24.7 Å². The first-order valence-electron chi connectivity index (χ1n) is 12.0. The number of para-hydroxylation sites is 1. The van der Waals surface area contributed by atoms with Crippen LogP contribution in [-0.2, 0) is 14.4 Å². The molecule has 2 aliphatic rings. The molecule has 1 aromatic rings. The summed E-state index contributed by atoms with van der Waals surface area (Å²) in [5.41, 5.74) is 1.42. The summed E-state index contributed by atoms with van der Waals surface area (Å²) in [6, 6.07) is 5.46. The number of likely N-dealkylation sites (tertiary alicyclic amines) is 1. The zero-order chi connectivity index (χ0) is 23.7. The fraction of sp³-hybridized carbons (Fsp3) is 0.654. The molecule has 0 bridgehead atoms. The van der Waals surface area contributed by atoms with E-state index in [2.05, 4.69) is 5.32 Å². The van der Waals surface area contributed by atoms with Gasteiger partial charge in [0.1, 0.15) is 11.6 Å². The quantitative estimate of drug-likeness (QED) is 0.751. The van der Waals surface area contributed by atoms with Crippen LogP contribution in [0.3, 0.4) is 0 Å². The van der Waals surface area contributed by atoms with Gasteiger partial charge in [0.25, 0.3) is 0 Å². The van der Waals surface area contributed by atoms with Crippen molar-refractivity contribution in [2.75, 3.05) is 18.9 Å². The summed E-state index contributed by atoms with van der Waals surface area (Å²) in [6.45, 7) is 10.2. The Morgan fingerprint density at radius 1 is 1.03 bits per heavy atom. The predicted molar refractivity (Wildman–Crippen MR) is 127 cm³/mol. The van der Waals surface area contributed by atoms with Gasteiger partial charge in [0.15, 0.2) is 0 Å². The van der Waals surface area contributed by atoms with Crippen LogP contribution in [0.4, 0.5) is 5.69 Å².